The van der Waals surface area contributed by atoms with Crippen molar-refractivity contribution >= 4 is 11.3 Å². The zero-order valence-corrected chi connectivity index (χ0v) is 11.5. The molecule has 16 heavy (non-hydrogen) atoms. The van der Waals surface area contributed by atoms with E-state index in [-0.39, 0.29) is 5.41 Å². The summed E-state index contributed by atoms with van der Waals surface area (Å²) < 4.78 is 0. The molecule has 1 rings (SSSR count). The van der Waals surface area contributed by atoms with Crippen LogP contribution in [0.2, 0.25) is 0 Å². The van der Waals surface area contributed by atoms with Crippen molar-refractivity contribution in [2.75, 3.05) is 6.54 Å². The van der Waals surface area contributed by atoms with Gasteiger partial charge >= 0.3 is 0 Å². The number of hydrogen-bond donors (Lipinski definition) is 1. The summed E-state index contributed by atoms with van der Waals surface area (Å²) in [4.78, 5) is 4.64. The number of nitrogens with zero attached hydrogens (tertiary/aromatic N) is 1. The summed E-state index contributed by atoms with van der Waals surface area (Å²) in [6, 6.07) is 0. The van der Waals surface area contributed by atoms with E-state index < -0.39 is 0 Å². The van der Waals surface area contributed by atoms with Crippen molar-refractivity contribution in [3.8, 4) is 0 Å². The largest absolute Gasteiger partial charge is 0.311 e. The van der Waals surface area contributed by atoms with Gasteiger partial charge in [0.05, 0.1) is 10.7 Å². The fraction of sp³-hybridized carbons (Fsp3) is 0.615. The molecule has 2 nitrogen and oxygen atoms in total. The molecule has 90 valence electrons. The van der Waals surface area contributed by atoms with Gasteiger partial charge in [0.25, 0.3) is 0 Å². The smallest absolute Gasteiger partial charge is 0.0982 e. The second-order valence-electron chi connectivity index (χ2n) is 4.93. The predicted octanol–water partition coefficient (Wildman–Crippen LogP) is 3.50. The van der Waals surface area contributed by atoms with Crippen LogP contribution in [0.1, 0.15) is 44.8 Å². The highest BCUT2D eigenvalue weighted by Crippen LogP contribution is 2.25. The average molecular weight is 238 g/mol. The molecule has 1 aromatic heterocycles. The van der Waals surface area contributed by atoms with Crippen LogP contribution in [0.4, 0.5) is 0 Å². The molecule has 1 aromatic rings. The lowest BCUT2D eigenvalue weighted by Gasteiger charge is -2.13. The number of rotatable bonds is 5. The normalized spacial score (nSPS) is 12.5. The average Bonchev–Trinajstić information content (AvgIpc) is 2.65. The van der Waals surface area contributed by atoms with Crippen LogP contribution in [0.15, 0.2) is 17.5 Å². The van der Waals surface area contributed by atoms with Gasteiger partial charge in [-0.15, -0.1) is 11.3 Å². The quantitative estimate of drug-likeness (QED) is 0.627. The molecule has 0 aromatic carbocycles. The van der Waals surface area contributed by atoms with Crippen molar-refractivity contribution in [3.05, 3.63) is 28.2 Å². The Labute approximate surface area is 103 Å². The molecule has 0 aliphatic rings. The van der Waals surface area contributed by atoms with E-state index in [1.54, 1.807) is 11.3 Å². The van der Waals surface area contributed by atoms with E-state index >= 15 is 0 Å². The van der Waals surface area contributed by atoms with Crippen LogP contribution >= 0.6 is 11.3 Å². The third-order valence-electron chi connectivity index (χ3n) is 2.22. The Balaban J connectivity index is 2.35. The first-order valence-electron chi connectivity index (χ1n) is 5.81. The second-order valence-corrected chi connectivity index (χ2v) is 5.79. The molecule has 1 heterocycles. The number of aromatic nitrogens is 1. The van der Waals surface area contributed by atoms with Crippen LogP contribution in [-0.4, -0.2) is 11.5 Å². The van der Waals surface area contributed by atoms with Crippen LogP contribution in [0.3, 0.4) is 0 Å². The van der Waals surface area contributed by atoms with Gasteiger partial charge < -0.3 is 5.32 Å². The van der Waals surface area contributed by atoms with E-state index in [1.807, 2.05) is 0 Å². The van der Waals surface area contributed by atoms with Crippen LogP contribution in [0.25, 0.3) is 0 Å². The van der Waals surface area contributed by atoms with Crippen molar-refractivity contribution in [1.82, 2.24) is 10.3 Å². The van der Waals surface area contributed by atoms with E-state index in [9.17, 15) is 0 Å². The molecule has 0 bridgehead atoms. The summed E-state index contributed by atoms with van der Waals surface area (Å²) in [6.45, 7) is 10.6. The predicted molar refractivity (Wildman–Crippen MR) is 72.0 cm³/mol. The van der Waals surface area contributed by atoms with Gasteiger partial charge in [0, 0.05) is 17.3 Å². The van der Waals surface area contributed by atoms with E-state index in [2.05, 4.69) is 55.5 Å². The van der Waals surface area contributed by atoms with Gasteiger partial charge in [-0.1, -0.05) is 32.9 Å². The first kappa shape index (κ1) is 13.4. The van der Waals surface area contributed by atoms with Gasteiger partial charge in [0.15, 0.2) is 0 Å². The zero-order chi connectivity index (χ0) is 12.0. The standard InChI is InChI=1S/C13H22N2S/c1-5-6-7-8-14-9-11-10-16-12(15-11)13(2,3)4/h5-6,10,14H,7-9H2,1-4H3/b6-5+. The Morgan fingerprint density at radius 2 is 2.19 bits per heavy atom. The highest BCUT2D eigenvalue weighted by molar-refractivity contribution is 7.09. The van der Waals surface area contributed by atoms with Crippen LogP contribution in [0, 0.1) is 0 Å². The first-order valence-corrected chi connectivity index (χ1v) is 6.68. The summed E-state index contributed by atoms with van der Waals surface area (Å²) >= 11 is 1.76. The zero-order valence-electron chi connectivity index (χ0n) is 10.7. The minimum Gasteiger partial charge on any atom is -0.311 e. The van der Waals surface area contributed by atoms with Crippen molar-refractivity contribution in [2.24, 2.45) is 0 Å². The maximum atomic E-state index is 4.64. The molecule has 0 unspecified atom stereocenters. The summed E-state index contributed by atoms with van der Waals surface area (Å²) in [7, 11) is 0. The Hall–Kier alpha value is -0.670. The Bertz CT molecular complexity index is 334. The molecular weight excluding hydrogens is 216 g/mol. The SMILES string of the molecule is C/C=C/CCNCc1csc(C(C)(C)C)n1. The Morgan fingerprint density at radius 3 is 2.75 bits per heavy atom. The van der Waals surface area contributed by atoms with E-state index in [0.29, 0.717) is 0 Å². The highest BCUT2D eigenvalue weighted by Gasteiger charge is 2.17. The molecule has 0 saturated heterocycles. The van der Waals surface area contributed by atoms with Crippen LogP contribution in [-0.2, 0) is 12.0 Å². The number of nitrogens with one attached hydrogen (secondary N) is 1. The molecule has 0 saturated carbocycles. The minimum atomic E-state index is 0.174. The third kappa shape index (κ3) is 4.45. The van der Waals surface area contributed by atoms with Gasteiger partial charge in [0.1, 0.15) is 0 Å². The molecule has 0 atom stereocenters. The monoisotopic (exact) mass is 238 g/mol. The summed E-state index contributed by atoms with van der Waals surface area (Å²) in [5, 5.41) is 6.77. The maximum Gasteiger partial charge on any atom is 0.0982 e. The molecule has 1 N–H and O–H groups in total. The van der Waals surface area contributed by atoms with Crippen molar-refractivity contribution in [1.29, 1.82) is 0 Å². The Morgan fingerprint density at radius 1 is 1.44 bits per heavy atom. The van der Waals surface area contributed by atoms with E-state index in [0.717, 1.165) is 25.2 Å². The summed E-state index contributed by atoms with van der Waals surface area (Å²) in [5.41, 5.74) is 1.34. The lowest BCUT2D eigenvalue weighted by Crippen LogP contribution is -2.15. The molecule has 0 amide bonds. The lowest BCUT2D eigenvalue weighted by molar-refractivity contribution is 0.579. The lowest BCUT2D eigenvalue weighted by atomic mass is 9.98. The highest BCUT2D eigenvalue weighted by atomic mass is 32.1. The van der Waals surface area contributed by atoms with Crippen LogP contribution in [0.5, 0.6) is 0 Å². The molecule has 3 heteroatoms. The summed E-state index contributed by atoms with van der Waals surface area (Å²) in [6.07, 6.45) is 5.35. The topological polar surface area (TPSA) is 24.9 Å². The van der Waals surface area contributed by atoms with Gasteiger partial charge in [0.2, 0.25) is 0 Å². The fourth-order valence-electron chi connectivity index (χ4n) is 1.30. The molecule has 0 aliphatic carbocycles. The van der Waals surface area contributed by atoms with Gasteiger partial charge in [-0.05, 0) is 19.9 Å². The number of thiazole rings is 1. The molecule has 0 fully saturated rings. The number of allylic oxidation sites excluding steroid dienone is 1. The molecule has 0 aliphatic heterocycles. The molecule has 0 radical (unpaired) electrons. The van der Waals surface area contributed by atoms with Gasteiger partial charge in [-0.25, -0.2) is 4.98 Å². The van der Waals surface area contributed by atoms with E-state index in [1.165, 1.54) is 5.01 Å². The summed E-state index contributed by atoms with van der Waals surface area (Å²) in [5.74, 6) is 0. The Kier molecular flexibility index (Phi) is 5.16. The van der Waals surface area contributed by atoms with E-state index in [4.69, 9.17) is 0 Å². The fourth-order valence-corrected chi connectivity index (χ4v) is 2.21. The molecule has 0 spiro atoms. The molecular formula is C13H22N2S. The maximum absolute atomic E-state index is 4.64. The van der Waals surface area contributed by atoms with Crippen LogP contribution < -0.4 is 5.32 Å². The second kappa shape index (κ2) is 6.16. The minimum absolute atomic E-state index is 0.174. The third-order valence-corrected chi connectivity index (χ3v) is 3.54. The van der Waals surface area contributed by atoms with Gasteiger partial charge in [-0.3, -0.25) is 0 Å². The van der Waals surface area contributed by atoms with Gasteiger partial charge in [-0.2, -0.15) is 0 Å². The van der Waals surface area contributed by atoms with Crippen molar-refractivity contribution in [2.45, 2.75) is 46.1 Å². The van der Waals surface area contributed by atoms with Crippen molar-refractivity contribution < 1.29 is 0 Å². The number of hydrogen-bond acceptors (Lipinski definition) is 3. The first-order chi connectivity index (χ1) is 7.54. The van der Waals surface area contributed by atoms with Crippen molar-refractivity contribution in [3.63, 3.8) is 0 Å².